The van der Waals surface area contributed by atoms with Crippen molar-refractivity contribution in [2.75, 3.05) is 11.4 Å². The van der Waals surface area contributed by atoms with E-state index in [0.717, 1.165) is 17.3 Å². The molecule has 1 heterocycles. The molecule has 21 heavy (non-hydrogen) atoms. The fourth-order valence-electron chi connectivity index (χ4n) is 2.23. The number of hydrogen-bond acceptors (Lipinski definition) is 3. The van der Waals surface area contributed by atoms with Gasteiger partial charge in [0.2, 0.25) is 0 Å². The van der Waals surface area contributed by atoms with Gasteiger partial charge in [0.05, 0.1) is 16.4 Å². The molecule has 2 nitrogen and oxygen atoms in total. The Bertz CT molecular complexity index is 695. The van der Waals surface area contributed by atoms with Crippen LogP contribution in [0.3, 0.4) is 0 Å². The Kier molecular flexibility index (Phi) is 4.32. The number of benzene rings is 2. The summed E-state index contributed by atoms with van der Waals surface area (Å²) in [5, 5.41) is 1.95. The molecule has 4 heteroatoms. The molecule has 0 unspecified atom stereocenters. The largest absolute Gasteiger partial charge is 0.335 e. The lowest BCUT2D eigenvalue weighted by molar-refractivity contribution is 1.00. The Morgan fingerprint density at radius 1 is 1.19 bits per heavy atom. The molecule has 0 saturated carbocycles. The summed E-state index contributed by atoms with van der Waals surface area (Å²) in [6, 6.07) is 16.0. The summed E-state index contributed by atoms with van der Waals surface area (Å²) in [6.07, 6.45) is 3.91. The zero-order valence-electron chi connectivity index (χ0n) is 11.7. The van der Waals surface area contributed by atoms with Crippen molar-refractivity contribution < 1.29 is 0 Å². The van der Waals surface area contributed by atoms with E-state index in [1.165, 1.54) is 15.6 Å². The molecule has 0 saturated heterocycles. The molecular weight excluding hydrogens is 300 g/mol. The van der Waals surface area contributed by atoms with Crippen molar-refractivity contribution >= 4 is 41.0 Å². The fourth-order valence-corrected chi connectivity index (χ4v) is 3.49. The van der Waals surface area contributed by atoms with Gasteiger partial charge in [0.15, 0.2) is 0 Å². The van der Waals surface area contributed by atoms with E-state index in [4.69, 9.17) is 11.6 Å². The lowest BCUT2D eigenvalue weighted by Gasteiger charge is -2.17. The number of anilines is 1. The summed E-state index contributed by atoms with van der Waals surface area (Å²) >= 11 is 7.85. The quantitative estimate of drug-likeness (QED) is 0.694. The first-order valence-electron chi connectivity index (χ1n) is 6.82. The smallest absolute Gasteiger partial charge is 0.0816 e. The fraction of sp³-hybridized carbons (Fsp3) is 0.118. The van der Waals surface area contributed by atoms with Crippen molar-refractivity contribution in [3.63, 3.8) is 0 Å². The number of thioether (sulfide) groups is 1. The minimum absolute atomic E-state index is 0.770. The van der Waals surface area contributed by atoms with E-state index in [0.29, 0.717) is 0 Å². The monoisotopic (exact) mass is 314 g/mol. The van der Waals surface area contributed by atoms with E-state index in [1.54, 1.807) is 11.8 Å². The number of hydrogen-bond donors (Lipinski definition) is 0. The molecule has 106 valence electrons. The summed E-state index contributed by atoms with van der Waals surface area (Å²) in [7, 11) is 0. The highest BCUT2D eigenvalue weighted by Gasteiger charge is 2.23. The second-order valence-corrected chi connectivity index (χ2v) is 6.08. The maximum atomic E-state index is 6.10. The van der Waals surface area contributed by atoms with Gasteiger partial charge in [-0.25, -0.2) is 0 Å². The summed E-state index contributed by atoms with van der Waals surface area (Å²) < 4.78 is 0. The molecule has 0 bridgehead atoms. The topological polar surface area (TPSA) is 15.6 Å². The van der Waals surface area contributed by atoms with Crippen LogP contribution in [0.5, 0.6) is 0 Å². The summed E-state index contributed by atoms with van der Waals surface area (Å²) in [5.74, 6) is 0. The van der Waals surface area contributed by atoms with Gasteiger partial charge in [0.1, 0.15) is 0 Å². The number of fused-ring (bicyclic) bond motifs is 1. The Balaban J connectivity index is 1.84. The third kappa shape index (κ3) is 3.14. The molecular formula is C17H15ClN2S. The highest BCUT2D eigenvalue weighted by Crippen LogP contribution is 2.46. The van der Waals surface area contributed by atoms with Crippen molar-refractivity contribution in [1.82, 2.24) is 0 Å². The third-order valence-electron chi connectivity index (χ3n) is 3.21. The van der Waals surface area contributed by atoms with Crippen molar-refractivity contribution in [3.8, 4) is 0 Å². The van der Waals surface area contributed by atoms with Gasteiger partial charge in [-0.15, -0.1) is 0 Å². The number of aliphatic imine (C=N–C) groups is 1. The summed E-state index contributed by atoms with van der Waals surface area (Å²) in [4.78, 5) is 7.94. The van der Waals surface area contributed by atoms with Crippen LogP contribution in [0.1, 0.15) is 6.92 Å². The van der Waals surface area contributed by atoms with Crippen molar-refractivity contribution in [2.24, 2.45) is 4.99 Å². The number of para-hydroxylation sites is 1. The molecule has 0 spiro atoms. The van der Waals surface area contributed by atoms with E-state index in [2.05, 4.69) is 29.0 Å². The lowest BCUT2D eigenvalue weighted by Crippen LogP contribution is -2.16. The normalized spacial score (nSPS) is 15.9. The standard InChI is InChI=1S/C17H15ClN2S/c1-2-20-15-12-13(18)8-9-16(15)21-17(20)10-11-19-14-6-4-3-5-7-14/h3-12H,2H2,1H3/b17-10+,19-11+. The molecule has 3 rings (SSSR count). The van der Waals surface area contributed by atoms with Crippen LogP contribution in [-0.4, -0.2) is 12.8 Å². The molecule has 1 aliphatic heterocycles. The van der Waals surface area contributed by atoms with Crippen LogP contribution >= 0.6 is 23.4 Å². The first-order valence-corrected chi connectivity index (χ1v) is 8.01. The summed E-state index contributed by atoms with van der Waals surface area (Å²) in [6.45, 7) is 3.05. The average Bonchev–Trinajstić information content (AvgIpc) is 2.85. The highest BCUT2D eigenvalue weighted by molar-refractivity contribution is 8.03. The van der Waals surface area contributed by atoms with E-state index in [1.807, 2.05) is 48.7 Å². The van der Waals surface area contributed by atoms with Gasteiger partial charge in [-0.1, -0.05) is 41.6 Å². The van der Waals surface area contributed by atoms with Crippen molar-refractivity contribution in [1.29, 1.82) is 0 Å². The molecule has 0 N–H and O–H groups in total. The van der Waals surface area contributed by atoms with Gasteiger partial charge in [-0.3, -0.25) is 4.99 Å². The average molecular weight is 315 g/mol. The molecule has 0 fully saturated rings. The molecule has 0 atom stereocenters. The predicted molar refractivity (Wildman–Crippen MR) is 93.0 cm³/mol. The molecule has 0 aliphatic carbocycles. The Labute approximate surface area is 134 Å². The van der Waals surface area contributed by atoms with Gasteiger partial charge in [-0.05, 0) is 43.3 Å². The summed E-state index contributed by atoms with van der Waals surface area (Å²) in [5.41, 5.74) is 2.13. The minimum atomic E-state index is 0.770. The Hall–Kier alpha value is -1.71. The van der Waals surface area contributed by atoms with Gasteiger partial charge in [0, 0.05) is 22.7 Å². The number of rotatable bonds is 3. The van der Waals surface area contributed by atoms with Crippen LogP contribution in [-0.2, 0) is 0 Å². The zero-order valence-corrected chi connectivity index (χ0v) is 13.2. The van der Waals surface area contributed by atoms with Gasteiger partial charge in [-0.2, -0.15) is 0 Å². The van der Waals surface area contributed by atoms with E-state index < -0.39 is 0 Å². The van der Waals surface area contributed by atoms with Crippen LogP contribution in [0.15, 0.2) is 69.5 Å². The SMILES string of the molecule is CCN1/C(=C\C=N\c2ccccc2)Sc2ccc(Cl)cc21. The van der Waals surface area contributed by atoms with E-state index >= 15 is 0 Å². The number of halogens is 1. The maximum absolute atomic E-state index is 6.10. The number of nitrogens with zero attached hydrogens (tertiary/aromatic N) is 2. The van der Waals surface area contributed by atoms with Crippen LogP contribution in [0, 0.1) is 0 Å². The Morgan fingerprint density at radius 2 is 2.00 bits per heavy atom. The predicted octanol–water partition coefficient (Wildman–Crippen LogP) is 5.52. The first-order chi connectivity index (χ1) is 10.3. The van der Waals surface area contributed by atoms with Crippen LogP contribution in [0.2, 0.25) is 5.02 Å². The lowest BCUT2D eigenvalue weighted by atomic mass is 10.3. The first kappa shape index (κ1) is 14.2. The third-order valence-corrected chi connectivity index (χ3v) is 4.57. The molecule has 0 aromatic heterocycles. The molecule has 1 aliphatic rings. The van der Waals surface area contributed by atoms with Crippen molar-refractivity contribution in [2.45, 2.75) is 11.8 Å². The number of allylic oxidation sites excluding steroid dienone is 1. The van der Waals surface area contributed by atoms with Crippen LogP contribution in [0.4, 0.5) is 11.4 Å². The minimum Gasteiger partial charge on any atom is -0.335 e. The van der Waals surface area contributed by atoms with Gasteiger partial charge in [0.25, 0.3) is 0 Å². The second-order valence-electron chi connectivity index (χ2n) is 4.58. The highest BCUT2D eigenvalue weighted by atomic mass is 35.5. The molecule has 2 aromatic carbocycles. The molecule has 0 amide bonds. The van der Waals surface area contributed by atoms with Gasteiger partial charge < -0.3 is 4.90 Å². The molecule has 2 aromatic rings. The second kappa shape index (κ2) is 6.37. The zero-order chi connectivity index (χ0) is 14.7. The van der Waals surface area contributed by atoms with E-state index in [-0.39, 0.29) is 0 Å². The maximum Gasteiger partial charge on any atom is 0.0816 e. The van der Waals surface area contributed by atoms with E-state index in [9.17, 15) is 0 Å². The molecule has 0 radical (unpaired) electrons. The Morgan fingerprint density at radius 3 is 2.76 bits per heavy atom. The van der Waals surface area contributed by atoms with Crippen LogP contribution in [0.25, 0.3) is 0 Å². The van der Waals surface area contributed by atoms with Gasteiger partial charge >= 0.3 is 0 Å². The van der Waals surface area contributed by atoms with Crippen molar-refractivity contribution in [3.05, 3.63) is 64.7 Å². The van der Waals surface area contributed by atoms with Crippen LogP contribution < -0.4 is 4.90 Å².